The fourth-order valence-corrected chi connectivity index (χ4v) is 2.73. The summed E-state index contributed by atoms with van der Waals surface area (Å²) in [5, 5.41) is 18.1. The number of H-pyrrole nitrogens is 1. The Labute approximate surface area is 187 Å². The molecule has 0 saturated heterocycles. The van der Waals surface area contributed by atoms with E-state index in [0.717, 1.165) is 5.56 Å². The molecule has 1 fully saturated rings. The predicted octanol–water partition coefficient (Wildman–Crippen LogP) is 2.29. The number of carboxylic acids is 1. The Hall–Kier alpha value is -0.510. The van der Waals surface area contributed by atoms with Crippen LogP contribution in [0.25, 0.3) is 0 Å². The first-order chi connectivity index (χ1) is 10.9. The summed E-state index contributed by atoms with van der Waals surface area (Å²) >= 11 is 0. The fourth-order valence-electron chi connectivity index (χ4n) is 2.73. The Kier molecular flexibility index (Phi) is 8.50. The van der Waals surface area contributed by atoms with Crippen molar-refractivity contribution in [3.8, 4) is 11.6 Å². The number of aromatic amines is 1. The third-order valence-corrected chi connectivity index (χ3v) is 4.01. The van der Waals surface area contributed by atoms with Crippen LogP contribution in [0.15, 0.2) is 24.3 Å². The molecule has 3 rings (SSSR count). The van der Waals surface area contributed by atoms with Crippen LogP contribution < -0.4 is 4.74 Å². The molecule has 6 nitrogen and oxygen atoms in total. The number of halogens is 2. The Morgan fingerprint density at radius 1 is 1.20 bits per heavy atom. The summed E-state index contributed by atoms with van der Waals surface area (Å²) in [4.78, 5) is 10.9. The summed E-state index contributed by atoms with van der Waals surface area (Å²) in [7, 11) is 0. The molecule has 10 heteroatoms. The molecule has 1 saturated carbocycles. The number of alkyl halides is 2. The number of nitrogens with one attached hydrogen (secondary N) is 1. The number of hydrogen-bond acceptors (Lipinski definition) is 4. The number of carboxylic acid groups (broad SMARTS) is 1. The van der Waals surface area contributed by atoms with Crippen LogP contribution in [0.3, 0.4) is 0 Å². The standard InChI is InChI=1S/C15H15F2N3O3.2Na.2H/c16-15(17)7-5-10(6-8-15)9-1-3-11(4-2-9)23-13-12(14(21)22)18-20-19-13;;;;/h1-4,10H,5-8H2,(H,21,22)(H,18,19,20);;;;. The second-order valence-electron chi connectivity index (χ2n) is 5.60. The van der Waals surface area contributed by atoms with Crippen molar-refractivity contribution in [2.24, 2.45) is 0 Å². The summed E-state index contributed by atoms with van der Waals surface area (Å²) < 4.78 is 31.8. The van der Waals surface area contributed by atoms with Crippen LogP contribution in [0, 0.1) is 0 Å². The molecule has 2 N–H and O–H groups in total. The van der Waals surface area contributed by atoms with E-state index in [0.29, 0.717) is 18.6 Å². The third-order valence-electron chi connectivity index (χ3n) is 4.01. The molecule has 0 spiro atoms. The van der Waals surface area contributed by atoms with Gasteiger partial charge in [-0.25, -0.2) is 18.7 Å². The monoisotopic (exact) mass is 371 g/mol. The van der Waals surface area contributed by atoms with Crippen molar-refractivity contribution in [2.45, 2.75) is 37.5 Å². The van der Waals surface area contributed by atoms with Crippen LogP contribution in [0.4, 0.5) is 8.78 Å². The molecule has 0 aliphatic heterocycles. The Balaban J connectivity index is 0.00000156. The van der Waals surface area contributed by atoms with Gasteiger partial charge in [0.25, 0.3) is 5.88 Å². The van der Waals surface area contributed by atoms with Gasteiger partial charge in [-0.1, -0.05) is 17.3 Å². The predicted molar refractivity (Wildman–Crippen MR) is 90.3 cm³/mol. The van der Waals surface area contributed by atoms with E-state index in [1.807, 2.05) is 12.1 Å². The van der Waals surface area contributed by atoms with Crippen molar-refractivity contribution in [3.05, 3.63) is 35.5 Å². The topological polar surface area (TPSA) is 88.1 Å². The van der Waals surface area contributed by atoms with Gasteiger partial charge >= 0.3 is 65.1 Å². The maximum absolute atomic E-state index is 13.2. The average Bonchev–Trinajstić information content (AvgIpc) is 2.97. The van der Waals surface area contributed by atoms with Crippen molar-refractivity contribution in [1.29, 1.82) is 0 Å². The number of hydrogen-bond donors (Lipinski definition) is 2. The summed E-state index contributed by atoms with van der Waals surface area (Å²) in [6.45, 7) is 0. The molecule has 25 heavy (non-hydrogen) atoms. The SMILES string of the molecule is O=C(O)c1nn[nH]c1Oc1ccc(C2CCC(F)(F)CC2)cc1.[NaH].[NaH]. The van der Waals surface area contributed by atoms with Crippen molar-refractivity contribution >= 4 is 65.1 Å². The summed E-state index contributed by atoms with van der Waals surface area (Å²) in [6.07, 6.45) is 0.747. The molecule has 1 aliphatic rings. The van der Waals surface area contributed by atoms with Crippen molar-refractivity contribution in [1.82, 2.24) is 15.4 Å². The van der Waals surface area contributed by atoms with Crippen LogP contribution in [-0.4, -0.2) is 91.5 Å². The van der Waals surface area contributed by atoms with Gasteiger partial charge in [0.2, 0.25) is 11.6 Å². The van der Waals surface area contributed by atoms with E-state index in [2.05, 4.69) is 15.4 Å². The molecule has 0 bridgehead atoms. The number of aromatic carboxylic acids is 1. The van der Waals surface area contributed by atoms with Gasteiger partial charge in [-0.2, -0.15) is 0 Å². The number of carbonyl (C=O) groups is 1. The van der Waals surface area contributed by atoms with Crippen LogP contribution in [-0.2, 0) is 0 Å². The number of benzene rings is 1. The van der Waals surface area contributed by atoms with E-state index in [1.165, 1.54) is 0 Å². The minimum atomic E-state index is -2.54. The number of nitrogens with zero attached hydrogens (tertiary/aromatic N) is 2. The average molecular weight is 371 g/mol. The van der Waals surface area contributed by atoms with E-state index in [4.69, 9.17) is 9.84 Å². The van der Waals surface area contributed by atoms with Gasteiger partial charge in [-0.15, -0.1) is 5.10 Å². The van der Waals surface area contributed by atoms with Crippen LogP contribution in [0.1, 0.15) is 47.7 Å². The molecular formula is C15H17F2N3Na2O3. The van der Waals surface area contributed by atoms with Crippen LogP contribution >= 0.6 is 0 Å². The minimum absolute atomic E-state index is 0. The molecule has 2 aromatic rings. The van der Waals surface area contributed by atoms with Crippen molar-refractivity contribution in [3.63, 3.8) is 0 Å². The van der Waals surface area contributed by atoms with E-state index in [-0.39, 0.29) is 89.4 Å². The van der Waals surface area contributed by atoms with Gasteiger partial charge in [0.15, 0.2) is 0 Å². The molecule has 1 aromatic heterocycles. The van der Waals surface area contributed by atoms with E-state index in [9.17, 15) is 13.6 Å². The van der Waals surface area contributed by atoms with Crippen LogP contribution in [0.2, 0.25) is 0 Å². The number of ether oxygens (including phenoxy) is 1. The Morgan fingerprint density at radius 2 is 1.80 bits per heavy atom. The third kappa shape index (κ3) is 5.74. The van der Waals surface area contributed by atoms with Gasteiger partial charge < -0.3 is 9.84 Å². The molecule has 0 atom stereocenters. The quantitative estimate of drug-likeness (QED) is 0.806. The molecular weight excluding hydrogens is 354 g/mol. The summed E-state index contributed by atoms with van der Waals surface area (Å²) in [5.41, 5.74) is 0.678. The van der Waals surface area contributed by atoms with Gasteiger partial charge in [0, 0.05) is 12.8 Å². The molecule has 126 valence electrons. The zero-order chi connectivity index (χ0) is 16.4. The molecule has 1 aliphatic carbocycles. The van der Waals surface area contributed by atoms with E-state index in [1.54, 1.807) is 12.1 Å². The van der Waals surface area contributed by atoms with Crippen LogP contribution in [0.5, 0.6) is 11.6 Å². The van der Waals surface area contributed by atoms with E-state index >= 15 is 0 Å². The Morgan fingerprint density at radius 3 is 2.36 bits per heavy atom. The molecule has 1 heterocycles. The first-order valence-electron chi connectivity index (χ1n) is 7.24. The first kappa shape index (κ1) is 22.5. The molecule has 1 aromatic carbocycles. The zero-order valence-electron chi connectivity index (χ0n) is 12.1. The van der Waals surface area contributed by atoms with Gasteiger partial charge in [0.05, 0.1) is 0 Å². The van der Waals surface area contributed by atoms with Crippen molar-refractivity contribution < 1.29 is 23.4 Å². The van der Waals surface area contributed by atoms with Crippen molar-refractivity contribution in [2.75, 3.05) is 0 Å². The van der Waals surface area contributed by atoms with Gasteiger partial charge in [-0.05, 0) is 36.5 Å². The second-order valence-corrected chi connectivity index (χ2v) is 5.60. The second kappa shape index (κ2) is 9.43. The summed E-state index contributed by atoms with van der Waals surface area (Å²) in [6, 6.07) is 6.98. The normalized spacial score (nSPS) is 16.4. The van der Waals surface area contributed by atoms with E-state index < -0.39 is 11.9 Å². The Bertz CT molecular complexity index is 700. The number of aromatic nitrogens is 3. The number of rotatable bonds is 4. The van der Waals surface area contributed by atoms with Gasteiger partial charge in [-0.3, -0.25) is 0 Å². The summed E-state index contributed by atoms with van der Waals surface area (Å²) in [5.74, 6) is -3.30. The van der Waals surface area contributed by atoms with Gasteiger partial charge in [0.1, 0.15) is 5.75 Å². The maximum atomic E-state index is 13.2. The molecule has 0 unspecified atom stereocenters. The fraction of sp³-hybridized carbons (Fsp3) is 0.400. The zero-order valence-corrected chi connectivity index (χ0v) is 12.1. The molecule has 0 radical (unpaired) electrons. The first-order valence-corrected chi connectivity index (χ1v) is 7.24. The molecule has 0 amide bonds.